The van der Waals surface area contributed by atoms with Crippen molar-refractivity contribution in [2.45, 2.75) is 11.5 Å². The van der Waals surface area contributed by atoms with Crippen LogP contribution < -0.4 is 4.74 Å². The van der Waals surface area contributed by atoms with Crippen LogP contribution in [-0.4, -0.2) is 24.2 Å². The van der Waals surface area contributed by atoms with Gasteiger partial charge in [-0.3, -0.25) is 9.59 Å². The summed E-state index contributed by atoms with van der Waals surface area (Å²) in [7, 11) is 1.24. The number of hydrogen-bond acceptors (Lipinski definition) is 5. The van der Waals surface area contributed by atoms with Crippen molar-refractivity contribution in [2.75, 3.05) is 7.11 Å². The minimum Gasteiger partial charge on any atom is -0.469 e. The molecular weight excluding hydrogens is 575 g/mol. The third-order valence-electron chi connectivity index (χ3n) is 7.28. The second kappa shape index (κ2) is 11.6. The molecule has 1 N–H and O–H groups in total. The topological polar surface area (TPSA) is 72.8 Å². The van der Waals surface area contributed by atoms with E-state index in [0.29, 0.717) is 22.4 Å². The number of hydrogen-bond donors (Lipinski definition) is 1. The molecule has 0 aromatic heterocycles. The number of esters is 2. The molecule has 202 valence electrons. The van der Waals surface area contributed by atoms with Gasteiger partial charge in [0.15, 0.2) is 0 Å². The van der Waals surface area contributed by atoms with Gasteiger partial charge in [0, 0.05) is 10.4 Å². The Morgan fingerprint density at radius 1 is 0.825 bits per heavy atom. The van der Waals surface area contributed by atoms with Crippen LogP contribution in [-0.2, 0) is 19.9 Å². The van der Waals surface area contributed by atoms with Gasteiger partial charge in [-0.25, -0.2) is 4.39 Å². The molecule has 0 fully saturated rings. The third kappa shape index (κ3) is 5.22. The molecule has 0 saturated carbocycles. The van der Waals surface area contributed by atoms with Crippen LogP contribution in [0.4, 0.5) is 4.39 Å². The zero-order valence-electron chi connectivity index (χ0n) is 21.5. The van der Waals surface area contributed by atoms with E-state index >= 15 is 0 Å². The van der Waals surface area contributed by atoms with E-state index in [2.05, 4.69) is 15.9 Å². The Hall–Kier alpha value is -4.07. The number of aliphatic hydroxyl groups is 1. The molecule has 0 bridgehead atoms. The normalized spacial score (nSPS) is 22.2. The summed E-state index contributed by atoms with van der Waals surface area (Å²) in [6, 6.07) is 30.3. The van der Waals surface area contributed by atoms with Crippen LogP contribution in [0.15, 0.2) is 120 Å². The van der Waals surface area contributed by atoms with E-state index in [-0.39, 0.29) is 0 Å². The van der Waals surface area contributed by atoms with Gasteiger partial charge in [-0.05, 0) is 58.7 Å². The van der Waals surface area contributed by atoms with Crippen LogP contribution in [0.3, 0.4) is 0 Å². The number of carbonyl (C=O) groups excluding carboxylic acids is 2. The zero-order chi connectivity index (χ0) is 28.3. The third-order valence-corrected chi connectivity index (χ3v) is 7.81. The number of ether oxygens (including phenoxy) is 2. The first kappa shape index (κ1) is 27.5. The van der Waals surface area contributed by atoms with Gasteiger partial charge in [0.05, 0.1) is 7.11 Å². The second-order valence-corrected chi connectivity index (χ2v) is 10.5. The zero-order valence-corrected chi connectivity index (χ0v) is 23.1. The van der Waals surface area contributed by atoms with Gasteiger partial charge < -0.3 is 14.6 Å². The van der Waals surface area contributed by atoms with E-state index in [9.17, 15) is 19.1 Å². The molecule has 0 spiro atoms. The van der Waals surface area contributed by atoms with Crippen LogP contribution in [0.1, 0.15) is 22.6 Å². The Morgan fingerprint density at radius 2 is 1.43 bits per heavy atom. The molecule has 5 rings (SSSR count). The molecule has 4 aromatic carbocycles. The largest absolute Gasteiger partial charge is 0.469 e. The molecule has 1 aliphatic rings. The lowest BCUT2D eigenvalue weighted by molar-refractivity contribution is -0.169. The maximum absolute atomic E-state index is 14.0. The summed E-state index contributed by atoms with van der Waals surface area (Å²) >= 11 is 3.46. The molecule has 5 nitrogen and oxygen atoms in total. The first-order valence-electron chi connectivity index (χ1n) is 12.7. The fourth-order valence-corrected chi connectivity index (χ4v) is 5.68. The average Bonchev–Trinajstić information content (AvgIpc) is 2.98. The molecule has 0 aliphatic heterocycles. The molecule has 0 heterocycles. The Labute approximate surface area is 240 Å². The highest BCUT2D eigenvalue weighted by atomic mass is 79.9. The minimum absolute atomic E-state index is 0.303. The van der Waals surface area contributed by atoms with Gasteiger partial charge in [0.2, 0.25) is 0 Å². The maximum atomic E-state index is 14.0. The summed E-state index contributed by atoms with van der Waals surface area (Å²) in [5.41, 5.74) is 0.177. The molecule has 1 aliphatic carbocycles. The second-order valence-electron chi connectivity index (χ2n) is 9.56. The summed E-state index contributed by atoms with van der Waals surface area (Å²) in [5, 5.41) is 12.7. The monoisotopic (exact) mass is 600 g/mol. The average molecular weight is 601 g/mol. The number of carbonyl (C=O) groups is 2. The van der Waals surface area contributed by atoms with Gasteiger partial charge in [-0.1, -0.05) is 94.8 Å². The molecule has 7 heteroatoms. The molecule has 4 aromatic rings. The van der Waals surface area contributed by atoms with Gasteiger partial charge in [0.1, 0.15) is 29.0 Å². The predicted molar refractivity (Wildman–Crippen MR) is 153 cm³/mol. The van der Waals surface area contributed by atoms with Crippen molar-refractivity contribution in [1.29, 1.82) is 0 Å². The van der Waals surface area contributed by atoms with E-state index in [1.165, 1.54) is 19.2 Å². The van der Waals surface area contributed by atoms with E-state index in [4.69, 9.17) is 9.47 Å². The van der Waals surface area contributed by atoms with Gasteiger partial charge in [-0.2, -0.15) is 0 Å². The first-order valence-corrected chi connectivity index (χ1v) is 13.5. The Morgan fingerprint density at radius 3 is 2.02 bits per heavy atom. The number of halogens is 2. The van der Waals surface area contributed by atoms with Crippen molar-refractivity contribution in [3.8, 4) is 5.75 Å². The minimum atomic E-state index is -2.07. The Bertz CT molecular complexity index is 1520. The fourth-order valence-electron chi connectivity index (χ4n) is 5.42. The van der Waals surface area contributed by atoms with Crippen molar-refractivity contribution in [1.82, 2.24) is 0 Å². The molecule has 0 unspecified atom stereocenters. The quantitative estimate of drug-likeness (QED) is 0.198. The summed E-state index contributed by atoms with van der Waals surface area (Å²) < 4.78 is 25.9. The van der Waals surface area contributed by atoms with Crippen molar-refractivity contribution >= 4 is 33.4 Å². The van der Waals surface area contributed by atoms with E-state index in [1.54, 1.807) is 78.9 Å². The first-order chi connectivity index (χ1) is 19.3. The van der Waals surface area contributed by atoms with Crippen molar-refractivity contribution < 1.29 is 28.6 Å². The lowest BCUT2D eigenvalue weighted by atomic mass is 9.59. The summed E-state index contributed by atoms with van der Waals surface area (Å²) in [4.78, 5) is 27.6. The Kier molecular flexibility index (Phi) is 7.96. The van der Waals surface area contributed by atoms with E-state index < -0.39 is 41.1 Å². The standard InChI is InChI=1S/C33H26BrFO5/c1-39-32(37)30-29(22-14-18-25(35)19-15-22)27(21-12-16-24(34)17-13-21)20-28(31(36)40-26-10-6-3-7-11-26)33(30,38)23-8-4-2-5-9-23/h2-20,28-30,38H,1H3/t28-,29-,30-,33-/m1/s1. The van der Waals surface area contributed by atoms with E-state index in [0.717, 1.165) is 10.0 Å². The van der Waals surface area contributed by atoms with Crippen molar-refractivity contribution in [2.24, 2.45) is 11.8 Å². The smallest absolute Gasteiger partial charge is 0.321 e. The molecule has 4 atom stereocenters. The molecule has 0 amide bonds. The van der Waals surface area contributed by atoms with Crippen molar-refractivity contribution in [3.05, 3.63) is 142 Å². The highest BCUT2D eigenvalue weighted by Crippen LogP contribution is 2.55. The van der Waals surface area contributed by atoms with Gasteiger partial charge in [-0.15, -0.1) is 0 Å². The van der Waals surface area contributed by atoms with E-state index in [1.807, 2.05) is 24.3 Å². The van der Waals surface area contributed by atoms with Crippen LogP contribution in [0.2, 0.25) is 0 Å². The number of benzene rings is 4. The molecule has 0 radical (unpaired) electrons. The fraction of sp³-hybridized carbons (Fsp3) is 0.152. The number of rotatable bonds is 6. The maximum Gasteiger partial charge on any atom is 0.321 e. The summed E-state index contributed by atoms with van der Waals surface area (Å²) in [5.74, 6) is -4.97. The van der Waals surface area contributed by atoms with Crippen LogP contribution in [0, 0.1) is 17.7 Å². The van der Waals surface area contributed by atoms with Crippen LogP contribution in [0.5, 0.6) is 5.75 Å². The van der Waals surface area contributed by atoms with Gasteiger partial charge in [0.25, 0.3) is 0 Å². The number of methoxy groups -OCH3 is 1. The van der Waals surface area contributed by atoms with Gasteiger partial charge >= 0.3 is 11.9 Å². The molecule has 0 saturated heterocycles. The lowest BCUT2D eigenvalue weighted by Crippen LogP contribution is -2.54. The van der Waals surface area contributed by atoms with Crippen LogP contribution in [0.25, 0.3) is 5.57 Å². The summed E-state index contributed by atoms with van der Waals surface area (Å²) in [6.07, 6.45) is 1.66. The van der Waals surface area contributed by atoms with Crippen LogP contribution >= 0.6 is 15.9 Å². The highest BCUT2D eigenvalue weighted by Gasteiger charge is 2.59. The predicted octanol–water partition coefficient (Wildman–Crippen LogP) is 6.67. The SMILES string of the molecule is COC(=O)[C@H]1[C@H](c2ccc(F)cc2)C(c2ccc(Br)cc2)=C[C@H](C(=O)Oc2ccccc2)[C@]1(O)c1ccccc1. The molecule has 40 heavy (non-hydrogen) atoms. The number of allylic oxidation sites excluding steroid dienone is 1. The molecular formula is C33H26BrFO5. The van der Waals surface area contributed by atoms with Crippen molar-refractivity contribution in [3.63, 3.8) is 0 Å². The summed E-state index contributed by atoms with van der Waals surface area (Å²) in [6.45, 7) is 0. The highest BCUT2D eigenvalue weighted by molar-refractivity contribution is 9.10. The Balaban J connectivity index is 1.79. The lowest BCUT2D eigenvalue weighted by Gasteiger charge is -2.47. The number of para-hydroxylation sites is 1.